The summed E-state index contributed by atoms with van der Waals surface area (Å²) < 4.78 is 0. The molecule has 0 radical (unpaired) electrons. The molecule has 0 bridgehead atoms. The Labute approximate surface area is 181 Å². The summed E-state index contributed by atoms with van der Waals surface area (Å²) in [4.78, 5) is 15.6. The fraction of sp³-hybridized carbons (Fsp3) is 0.167. The molecule has 2 N–H and O–H groups in total. The quantitative estimate of drug-likeness (QED) is 0.660. The molecule has 7 heteroatoms. The smallest absolute Gasteiger partial charge is 0.148 e. The maximum atomic E-state index is 4.86. The van der Waals surface area contributed by atoms with Crippen molar-refractivity contribution in [3.63, 3.8) is 0 Å². The van der Waals surface area contributed by atoms with Crippen LogP contribution < -0.4 is 5.32 Å². The molecule has 5 rings (SSSR count). The van der Waals surface area contributed by atoms with Crippen molar-refractivity contribution in [1.29, 1.82) is 0 Å². The number of aromatic nitrogens is 4. The summed E-state index contributed by atoms with van der Waals surface area (Å²) in [6.45, 7) is 2.22. The Balaban J connectivity index is 1.62. The summed E-state index contributed by atoms with van der Waals surface area (Å²) in [5.41, 5.74) is 2.52. The molecular weight excluding hydrogens is 386 g/mol. The van der Waals surface area contributed by atoms with Crippen molar-refractivity contribution in [2.24, 2.45) is 4.99 Å². The Kier molecular flexibility index (Phi) is 4.92. The van der Waals surface area contributed by atoms with E-state index in [4.69, 9.17) is 4.99 Å². The largest absolute Gasteiger partial charge is 0.341 e. The van der Waals surface area contributed by atoms with Gasteiger partial charge in [0.25, 0.3) is 0 Å². The second-order valence-electron chi connectivity index (χ2n) is 7.69. The Morgan fingerprint density at radius 2 is 1.97 bits per heavy atom. The number of rotatable bonds is 5. The Morgan fingerprint density at radius 1 is 1.06 bits per heavy atom. The van der Waals surface area contributed by atoms with Gasteiger partial charge in [0, 0.05) is 36.9 Å². The molecule has 3 atom stereocenters. The van der Waals surface area contributed by atoms with Crippen molar-refractivity contribution in [2.75, 3.05) is 5.32 Å². The summed E-state index contributed by atoms with van der Waals surface area (Å²) in [6.07, 6.45) is 21.3. The minimum absolute atomic E-state index is 0.0282. The van der Waals surface area contributed by atoms with Gasteiger partial charge in [-0.05, 0) is 48.9 Å². The second kappa shape index (κ2) is 8.02. The van der Waals surface area contributed by atoms with Crippen LogP contribution in [-0.4, -0.2) is 36.8 Å². The number of allylic oxidation sites excluding steroid dienone is 3. The van der Waals surface area contributed by atoms with Crippen LogP contribution in [0, 0.1) is 0 Å². The zero-order chi connectivity index (χ0) is 21.1. The van der Waals surface area contributed by atoms with Gasteiger partial charge >= 0.3 is 0 Å². The van der Waals surface area contributed by atoms with Crippen molar-refractivity contribution in [2.45, 2.75) is 24.5 Å². The van der Waals surface area contributed by atoms with E-state index in [1.165, 1.54) is 0 Å². The van der Waals surface area contributed by atoms with Crippen molar-refractivity contribution in [3.05, 3.63) is 109 Å². The van der Waals surface area contributed by atoms with E-state index >= 15 is 0 Å². The molecule has 31 heavy (non-hydrogen) atoms. The van der Waals surface area contributed by atoms with Gasteiger partial charge in [-0.15, -0.1) is 0 Å². The third-order valence-corrected chi connectivity index (χ3v) is 5.74. The molecule has 0 aromatic carbocycles. The predicted molar refractivity (Wildman–Crippen MR) is 121 cm³/mol. The molecule has 1 aliphatic heterocycles. The topological polar surface area (TPSA) is 82.1 Å². The highest BCUT2D eigenvalue weighted by atomic mass is 15.4. The van der Waals surface area contributed by atoms with Crippen LogP contribution in [0.3, 0.4) is 0 Å². The van der Waals surface area contributed by atoms with Gasteiger partial charge in [0.2, 0.25) is 0 Å². The number of hydrogen-bond donors (Lipinski definition) is 2. The molecule has 3 aromatic heterocycles. The lowest BCUT2D eigenvalue weighted by molar-refractivity contribution is 0.123. The van der Waals surface area contributed by atoms with E-state index in [0.29, 0.717) is 0 Å². The van der Waals surface area contributed by atoms with Crippen LogP contribution in [0.4, 0.5) is 5.69 Å². The van der Waals surface area contributed by atoms with Gasteiger partial charge in [0.05, 0.1) is 23.1 Å². The predicted octanol–water partition coefficient (Wildman–Crippen LogP) is 4.21. The summed E-state index contributed by atoms with van der Waals surface area (Å²) in [7, 11) is 0. The van der Waals surface area contributed by atoms with Gasteiger partial charge in [-0.2, -0.15) is 5.10 Å². The third kappa shape index (κ3) is 3.54. The lowest BCUT2D eigenvalue weighted by Gasteiger charge is -2.50. The number of hydrogen-bond acceptors (Lipinski definition) is 6. The van der Waals surface area contributed by atoms with Crippen LogP contribution in [0.15, 0.2) is 103 Å². The number of aliphatic imine (C=N–C) groups is 1. The summed E-state index contributed by atoms with van der Waals surface area (Å²) in [5, 5.41) is 11.0. The maximum Gasteiger partial charge on any atom is 0.148 e. The molecule has 3 aromatic rings. The SMILES string of the molecule is CC1(N2C(Nc3cccnc3)=CC=NC2c2ccncc2)C=CC=CC1c1cc[nH]n1. The summed E-state index contributed by atoms with van der Waals surface area (Å²) >= 11 is 0. The zero-order valence-corrected chi connectivity index (χ0v) is 17.1. The molecule has 0 saturated carbocycles. The number of H-pyrrole nitrogens is 1. The van der Waals surface area contributed by atoms with Gasteiger partial charge in [0.15, 0.2) is 0 Å². The number of pyridine rings is 2. The molecule has 0 saturated heterocycles. The van der Waals surface area contributed by atoms with Crippen molar-refractivity contribution in [3.8, 4) is 0 Å². The van der Waals surface area contributed by atoms with Crippen molar-refractivity contribution >= 4 is 11.9 Å². The van der Waals surface area contributed by atoms with Crippen LogP contribution in [0.2, 0.25) is 0 Å². The molecular formula is C24H23N7. The minimum Gasteiger partial charge on any atom is -0.341 e. The maximum absolute atomic E-state index is 4.86. The lowest BCUT2D eigenvalue weighted by atomic mass is 9.77. The van der Waals surface area contributed by atoms with E-state index in [1.807, 2.05) is 55.0 Å². The number of nitrogens with zero attached hydrogens (tertiary/aromatic N) is 5. The fourth-order valence-corrected chi connectivity index (χ4v) is 4.25. The van der Waals surface area contributed by atoms with Crippen molar-refractivity contribution < 1.29 is 0 Å². The normalized spacial score (nSPS) is 24.8. The van der Waals surface area contributed by atoms with Gasteiger partial charge in [-0.25, -0.2) is 0 Å². The molecule has 2 aliphatic rings. The average molecular weight is 409 g/mol. The second-order valence-corrected chi connectivity index (χ2v) is 7.69. The summed E-state index contributed by atoms with van der Waals surface area (Å²) in [5.74, 6) is 0.966. The first-order chi connectivity index (χ1) is 15.3. The zero-order valence-electron chi connectivity index (χ0n) is 17.1. The highest BCUT2D eigenvalue weighted by Crippen LogP contribution is 2.45. The average Bonchev–Trinajstić information content (AvgIpc) is 3.35. The molecule has 7 nitrogen and oxygen atoms in total. The van der Waals surface area contributed by atoms with Crippen LogP contribution in [0.1, 0.15) is 30.3 Å². The van der Waals surface area contributed by atoms with E-state index in [1.54, 1.807) is 18.6 Å². The third-order valence-electron chi connectivity index (χ3n) is 5.74. The van der Waals surface area contributed by atoms with Crippen LogP contribution in [-0.2, 0) is 0 Å². The van der Waals surface area contributed by atoms with Gasteiger partial charge in [-0.1, -0.05) is 24.3 Å². The summed E-state index contributed by atoms with van der Waals surface area (Å²) in [6, 6.07) is 9.97. The van der Waals surface area contributed by atoms with Gasteiger partial charge < -0.3 is 10.2 Å². The first-order valence-corrected chi connectivity index (χ1v) is 10.2. The van der Waals surface area contributed by atoms with Crippen LogP contribution in [0.25, 0.3) is 0 Å². The van der Waals surface area contributed by atoms with E-state index in [0.717, 1.165) is 22.8 Å². The molecule has 0 fully saturated rings. The molecule has 3 unspecified atom stereocenters. The minimum atomic E-state index is -0.434. The monoisotopic (exact) mass is 409 g/mol. The molecule has 4 heterocycles. The standard InChI is InChI=1S/C24H23N7/c1-24(11-3-2-6-20(24)21-9-16-28-30-21)31-22(29-19-5-4-12-26-17-19)10-15-27-23(31)18-7-13-25-14-8-18/h2-17,20,23,29H,1H3,(H,28,30). The Morgan fingerprint density at radius 3 is 2.74 bits per heavy atom. The highest BCUT2D eigenvalue weighted by molar-refractivity contribution is 5.75. The van der Waals surface area contributed by atoms with E-state index in [-0.39, 0.29) is 12.1 Å². The first-order valence-electron chi connectivity index (χ1n) is 10.2. The molecule has 0 amide bonds. The first kappa shape index (κ1) is 19.0. The van der Waals surface area contributed by atoms with Crippen LogP contribution >= 0.6 is 0 Å². The van der Waals surface area contributed by atoms with Crippen LogP contribution in [0.5, 0.6) is 0 Å². The number of nitrogens with one attached hydrogen (secondary N) is 2. The van der Waals surface area contributed by atoms with Gasteiger partial charge in [-0.3, -0.25) is 20.1 Å². The molecule has 1 aliphatic carbocycles. The fourth-order valence-electron chi connectivity index (χ4n) is 4.25. The number of aromatic amines is 1. The van der Waals surface area contributed by atoms with Gasteiger partial charge in [0.1, 0.15) is 12.0 Å². The molecule has 154 valence electrons. The van der Waals surface area contributed by atoms with E-state index in [2.05, 4.69) is 61.6 Å². The van der Waals surface area contributed by atoms with E-state index < -0.39 is 5.54 Å². The Bertz CT molecular complexity index is 1130. The lowest BCUT2D eigenvalue weighted by Crippen LogP contribution is -2.52. The highest BCUT2D eigenvalue weighted by Gasteiger charge is 2.44. The Hall–Kier alpha value is -4.00. The molecule has 0 spiro atoms. The number of anilines is 1. The van der Waals surface area contributed by atoms with E-state index in [9.17, 15) is 0 Å². The van der Waals surface area contributed by atoms with Crippen molar-refractivity contribution in [1.82, 2.24) is 25.1 Å².